The van der Waals surface area contributed by atoms with Gasteiger partial charge in [0.25, 0.3) is 11.5 Å². The summed E-state index contributed by atoms with van der Waals surface area (Å²) in [5.41, 5.74) is 2.46. The third-order valence-electron chi connectivity index (χ3n) is 6.74. The number of halogens is 1. The Balaban J connectivity index is 1.41. The number of thiazole rings is 1. The van der Waals surface area contributed by atoms with Crippen LogP contribution in [0.15, 0.2) is 83.0 Å². The highest BCUT2D eigenvalue weighted by molar-refractivity contribution is 7.14. The summed E-state index contributed by atoms with van der Waals surface area (Å²) >= 11 is 7.38. The van der Waals surface area contributed by atoms with E-state index in [1.807, 2.05) is 36.6 Å². The molecule has 0 fully saturated rings. The van der Waals surface area contributed by atoms with Gasteiger partial charge in [0, 0.05) is 34.0 Å². The Labute approximate surface area is 251 Å². The molecule has 0 radical (unpaired) electrons. The van der Waals surface area contributed by atoms with E-state index in [2.05, 4.69) is 10.3 Å². The van der Waals surface area contributed by atoms with Crippen LogP contribution in [0, 0.1) is 0 Å². The Bertz CT molecular complexity index is 1810. The first-order valence-electron chi connectivity index (χ1n) is 13.4. The Hall–Kier alpha value is -4.47. The van der Waals surface area contributed by atoms with Crippen LogP contribution in [0.5, 0.6) is 5.75 Å². The molecule has 1 atom stereocenters. The summed E-state index contributed by atoms with van der Waals surface area (Å²) < 4.78 is 12.5. The fourth-order valence-corrected chi connectivity index (χ4v) is 5.51. The maximum Gasteiger partial charge on any atom is 0.356 e. The van der Waals surface area contributed by atoms with Crippen molar-refractivity contribution in [1.82, 2.24) is 9.55 Å². The van der Waals surface area contributed by atoms with Crippen LogP contribution >= 0.6 is 22.9 Å². The standard InChI is InChI=1S/C32H28ClN3O5S/c1-4-26(29(37)35-32-34-25(18-42-32)19-12-16-22(17-13-19)40-5-2)41-31(39)28-27(20-10-14-21(33)15-11-20)23-8-6-7-9-24(23)30(38)36(28)3/h6-18,26H,4-5H2,1-3H3,(H,34,35,37). The number of amides is 1. The van der Waals surface area contributed by atoms with Crippen molar-refractivity contribution < 1.29 is 19.1 Å². The fraction of sp³-hybridized carbons (Fsp3) is 0.188. The first-order chi connectivity index (χ1) is 20.3. The van der Waals surface area contributed by atoms with Gasteiger partial charge < -0.3 is 14.0 Å². The largest absolute Gasteiger partial charge is 0.494 e. The Morgan fingerprint density at radius 1 is 0.976 bits per heavy atom. The second kappa shape index (κ2) is 12.6. The zero-order valence-corrected chi connectivity index (χ0v) is 24.8. The van der Waals surface area contributed by atoms with Crippen molar-refractivity contribution in [3.63, 3.8) is 0 Å². The minimum Gasteiger partial charge on any atom is -0.494 e. The normalized spacial score (nSPS) is 11.7. The number of aromatic nitrogens is 2. The molecule has 0 bridgehead atoms. The lowest BCUT2D eigenvalue weighted by atomic mass is 9.96. The number of anilines is 1. The van der Waals surface area contributed by atoms with Crippen molar-refractivity contribution >= 4 is 50.7 Å². The number of fused-ring (bicyclic) bond motifs is 1. The molecule has 0 spiro atoms. The van der Waals surface area contributed by atoms with E-state index in [4.69, 9.17) is 21.1 Å². The molecule has 214 valence electrons. The number of rotatable bonds is 9. The van der Waals surface area contributed by atoms with Gasteiger partial charge in [0.2, 0.25) is 0 Å². The van der Waals surface area contributed by atoms with Gasteiger partial charge in [-0.1, -0.05) is 48.9 Å². The lowest BCUT2D eigenvalue weighted by Crippen LogP contribution is -2.34. The molecule has 5 aromatic rings. The molecule has 0 saturated carbocycles. The number of carbonyl (C=O) groups excluding carboxylic acids is 2. The van der Waals surface area contributed by atoms with E-state index >= 15 is 0 Å². The fourth-order valence-electron chi connectivity index (χ4n) is 4.66. The van der Waals surface area contributed by atoms with Crippen molar-refractivity contribution in [3.8, 4) is 28.1 Å². The number of hydrogen-bond acceptors (Lipinski definition) is 7. The van der Waals surface area contributed by atoms with Crippen LogP contribution in [0.1, 0.15) is 30.8 Å². The number of hydrogen-bond donors (Lipinski definition) is 1. The summed E-state index contributed by atoms with van der Waals surface area (Å²) in [5.74, 6) is -0.542. The molecule has 42 heavy (non-hydrogen) atoms. The van der Waals surface area contributed by atoms with E-state index in [0.717, 1.165) is 11.3 Å². The quantitative estimate of drug-likeness (QED) is 0.183. The molecule has 0 aliphatic rings. The number of esters is 1. The monoisotopic (exact) mass is 601 g/mol. The molecular weight excluding hydrogens is 574 g/mol. The predicted octanol–water partition coefficient (Wildman–Crippen LogP) is 6.96. The maximum atomic E-state index is 13.7. The summed E-state index contributed by atoms with van der Waals surface area (Å²) in [5, 5.41) is 6.56. The summed E-state index contributed by atoms with van der Waals surface area (Å²) in [6, 6.07) is 21.6. The van der Waals surface area contributed by atoms with Gasteiger partial charge in [-0.3, -0.25) is 14.9 Å². The third kappa shape index (κ3) is 5.93. The van der Waals surface area contributed by atoms with Gasteiger partial charge in [-0.05, 0) is 66.8 Å². The molecule has 1 unspecified atom stereocenters. The average Bonchev–Trinajstić information content (AvgIpc) is 3.47. The van der Waals surface area contributed by atoms with Gasteiger partial charge in [0.05, 0.1) is 12.3 Å². The van der Waals surface area contributed by atoms with Crippen molar-refractivity contribution in [2.75, 3.05) is 11.9 Å². The van der Waals surface area contributed by atoms with Crippen LogP contribution in [0.4, 0.5) is 5.13 Å². The van der Waals surface area contributed by atoms with Crippen LogP contribution in [0.2, 0.25) is 5.02 Å². The number of ether oxygens (including phenoxy) is 2. The Morgan fingerprint density at radius 2 is 1.64 bits per heavy atom. The molecular formula is C32H28ClN3O5S. The summed E-state index contributed by atoms with van der Waals surface area (Å²) in [6.07, 6.45) is -0.901. The molecule has 10 heteroatoms. The molecule has 0 saturated heterocycles. The van der Waals surface area contributed by atoms with E-state index in [-0.39, 0.29) is 17.7 Å². The zero-order valence-electron chi connectivity index (χ0n) is 23.2. The van der Waals surface area contributed by atoms with Crippen molar-refractivity contribution in [3.05, 3.63) is 99.2 Å². The third-order valence-corrected chi connectivity index (χ3v) is 7.75. The molecule has 2 aromatic heterocycles. The van der Waals surface area contributed by atoms with Crippen LogP contribution in [0.3, 0.4) is 0 Å². The van der Waals surface area contributed by atoms with Gasteiger partial charge in [0.1, 0.15) is 11.4 Å². The molecule has 1 N–H and O–H groups in total. The first kappa shape index (κ1) is 29.0. The van der Waals surface area contributed by atoms with Gasteiger partial charge >= 0.3 is 5.97 Å². The van der Waals surface area contributed by atoms with E-state index in [0.29, 0.717) is 44.4 Å². The number of carbonyl (C=O) groups is 2. The highest BCUT2D eigenvalue weighted by Gasteiger charge is 2.28. The van der Waals surface area contributed by atoms with E-state index in [1.165, 1.54) is 23.0 Å². The highest BCUT2D eigenvalue weighted by Crippen LogP contribution is 2.32. The average molecular weight is 602 g/mol. The Morgan fingerprint density at radius 3 is 2.31 bits per heavy atom. The smallest absolute Gasteiger partial charge is 0.356 e. The summed E-state index contributed by atoms with van der Waals surface area (Å²) in [7, 11) is 1.52. The van der Waals surface area contributed by atoms with E-state index < -0.39 is 18.0 Å². The van der Waals surface area contributed by atoms with Gasteiger partial charge in [-0.2, -0.15) is 0 Å². The lowest BCUT2D eigenvalue weighted by Gasteiger charge is -2.20. The van der Waals surface area contributed by atoms with E-state index in [9.17, 15) is 14.4 Å². The van der Waals surface area contributed by atoms with Crippen molar-refractivity contribution in [1.29, 1.82) is 0 Å². The zero-order chi connectivity index (χ0) is 29.8. The number of nitrogens with one attached hydrogen (secondary N) is 1. The SMILES string of the molecule is CCOc1ccc(-c2csc(NC(=O)C(CC)OC(=O)c3c(-c4ccc(Cl)cc4)c4ccccc4c(=O)n3C)n2)cc1. The van der Waals surface area contributed by atoms with Crippen LogP contribution < -0.4 is 15.6 Å². The summed E-state index contributed by atoms with van der Waals surface area (Å²) in [6.45, 7) is 4.24. The first-order valence-corrected chi connectivity index (χ1v) is 14.6. The number of benzene rings is 3. The molecule has 0 aliphatic carbocycles. The number of pyridine rings is 1. The molecule has 8 nitrogen and oxygen atoms in total. The predicted molar refractivity (Wildman–Crippen MR) is 166 cm³/mol. The van der Waals surface area contributed by atoms with Crippen molar-refractivity contribution in [2.45, 2.75) is 26.4 Å². The van der Waals surface area contributed by atoms with Gasteiger partial charge in [0.15, 0.2) is 11.2 Å². The second-order valence-electron chi connectivity index (χ2n) is 9.43. The Kier molecular flexibility index (Phi) is 8.70. The van der Waals surface area contributed by atoms with E-state index in [1.54, 1.807) is 55.5 Å². The minimum absolute atomic E-state index is 0.0410. The van der Waals surface area contributed by atoms with Crippen LogP contribution in [-0.4, -0.2) is 34.1 Å². The molecule has 2 heterocycles. The number of nitrogens with zero attached hydrogens (tertiary/aromatic N) is 2. The topological polar surface area (TPSA) is 99.5 Å². The maximum absolute atomic E-state index is 13.7. The lowest BCUT2D eigenvalue weighted by molar-refractivity contribution is -0.124. The molecule has 0 aliphatic heterocycles. The van der Waals surface area contributed by atoms with Gasteiger partial charge in [-0.15, -0.1) is 11.3 Å². The molecule has 1 amide bonds. The van der Waals surface area contributed by atoms with Crippen LogP contribution in [0.25, 0.3) is 33.2 Å². The van der Waals surface area contributed by atoms with Crippen LogP contribution in [-0.2, 0) is 16.6 Å². The van der Waals surface area contributed by atoms with Crippen molar-refractivity contribution in [2.24, 2.45) is 7.05 Å². The van der Waals surface area contributed by atoms with Gasteiger partial charge in [-0.25, -0.2) is 9.78 Å². The molecule has 5 rings (SSSR count). The minimum atomic E-state index is -1.12. The highest BCUT2D eigenvalue weighted by atomic mass is 35.5. The molecule has 3 aromatic carbocycles. The second-order valence-corrected chi connectivity index (χ2v) is 10.7. The summed E-state index contributed by atoms with van der Waals surface area (Å²) in [4.78, 5) is 44.7.